The molecule has 5 rings (SSSR count). The van der Waals surface area contributed by atoms with Gasteiger partial charge in [0, 0.05) is 35.0 Å². The summed E-state index contributed by atoms with van der Waals surface area (Å²) in [6.07, 6.45) is 6.08. The maximum Gasteiger partial charge on any atom is 0.255 e. The Bertz CT molecular complexity index is 992. The number of piperazine rings is 1. The molecule has 0 radical (unpaired) electrons. The molecule has 1 N–H and O–H groups in total. The lowest BCUT2D eigenvalue weighted by molar-refractivity contribution is -0.917. The Morgan fingerprint density at radius 1 is 1.07 bits per heavy atom. The third-order valence-electron chi connectivity index (χ3n) is 5.92. The molecule has 3 heterocycles. The highest BCUT2D eigenvalue weighted by molar-refractivity contribution is 6.06. The lowest BCUT2D eigenvalue weighted by Crippen LogP contribution is -3.13. The maximum absolute atomic E-state index is 13.4. The number of rotatable bonds is 4. The average Bonchev–Trinajstić information content (AvgIpc) is 3.59. The first-order valence-corrected chi connectivity index (χ1v) is 10.2. The summed E-state index contributed by atoms with van der Waals surface area (Å²) >= 11 is 0. The van der Waals surface area contributed by atoms with Gasteiger partial charge in [-0.05, 0) is 37.1 Å². The fraction of sp³-hybridized carbons (Fsp3) is 0.348. The Hall–Kier alpha value is -2.79. The number of benzene rings is 1. The second-order valence-corrected chi connectivity index (χ2v) is 7.96. The quantitative estimate of drug-likeness (QED) is 0.762. The number of carbonyl (C=O) groups excluding carboxylic acids is 1. The van der Waals surface area contributed by atoms with E-state index in [9.17, 15) is 4.79 Å². The van der Waals surface area contributed by atoms with Gasteiger partial charge >= 0.3 is 0 Å². The second kappa shape index (κ2) is 7.32. The Kier molecular flexibility index (Phi) is 4.53. The van der Waals surface area contributed by atoms with Crippen molar-refractivity contribution in [2.24, 2.45) is 0 Å². The van der Waals surface area contributed by atoms with Crippen molar-refractivity contribution in [3.63, 3.8) is 0 Å². The summed E-state index contributed by atoms with van der Waals surface area (Å²) in [6, 6.07) is 14.3. The molecular weight excluding hydrogens is 348 g/mol. The van der Waals surface area contributed by atoms with Gasteiger partial charge in [-0.15, -0.1) is 0 Å². The molecule has 1 aliphatic heterocycles. The van der Waals surface area contributed by atoms with Gasteiger partial charge in [0.15, 0.2) is 0 Å². The molecule has 1 aliphatic carbocycles. The number of carbonyl (C=O) groups is 1. The summed E-state index contributed by atoms with van der Waals surface area (Å²) in [5.74, 6) is 0.696. The molecule has 5 nitrogen and oxygen atoms in total. The summed E-state index contributed by atoms with van der Waals surface area (Å²) in [4.78, 5) is 25.8. The Balaban J connectivity index is 1.33. The first kappa shape index (κ1) is 17.3. The predicted molar refractivity (Wildman–Crippen MR) is 108 cm³/mol. The van der Waals surface area contributed by atoms with E-state index in [0.29, 0.717) is 5.92 Å². The van der Waals surface area contributed by atoms with Crippen LogP contribution in [0.4, 0.5) is 0 Å². The zero-order chi connectivity index (χ0) is 18.9. The fourth-order valence-electron chi connectivity index (χ4n) is 4.12. The van der Waals surface area contributed by atoms with E-state index in [1.165, 1.54) is 23.3 Å². The molecule has 3 aromatic rings. The number of para-hydroxylation sites is 1. The van der Waals surface area contributed by atoms with Crippen LogP contribution in [0.15, 0.2) is 54.9 Å². The number of hydrogen-bond donors (Lipinski definition) is 1. The van der Waals surface area contributed by atoms with E-state index in [4.69, 9.17) is 4.98 Å². The average molecular weight is 373 g/mol. The molecule has 1 saturated heterocycles. The van der Waals surface area contributed by atoms with Crippen LogP contribution in [0.2, 0.25) is 0 Å². The van der Waals surface area contributed by atoms with E-state index in [-0.39, 0.29) is 5.91 Å². The van der Waals surface area contributed by atoms with E-state index < -0.39 is 0 Å². The monoisotopic (exact) mass is 373 g/mol. The SMILES string of the molecule is O=C(c1cc(C2CC2)nc2ccccc12)N1CC[NH+](Cc2ccncc2)CC1. The van der Waals surface area contributed by atoms with Crippen molar-refractivity contribution in [2.75, 3.05) is 26.2 Å². The van der Waals surface area contributed by atoms with Crippen LogP contribution in [-0.2, 0) is 6.54 Å². The number of nitrogens with one attached hydrogen (secondary N) is 1. The van der Waals surface area contributed by atoms with Gasteiger partial charge in [-0.3, -0.25) is 14.8 Å². The lowest BCUT2D eigenvalue weighted by atomic mass is 10.0. The van der Waals surface area contributed by atoms with E-state index in [1.807, 2.05) is 41.6 Å². The van der Waals surface area contributed by atoms with Gasteiger partial charge in [-0.1, -0.05) is 18.2 Å². The largest absolute Gasteiger partial charge is 0.328 e. The van der Waals surface area contributed by atoms with Crippen molar-refractivity contribution in [1.82, 2.24) is 14.9 Å². The van der Waals surface area contributed by atoms with E-state index in [1.54, 1.807) is 0 Å². The summed E-state index contributed by atoms with van der Waals surface area (Å²) in [7, 11) is 0. The Morgan fingerprint density at radius 3 is 2.57 bits per heavy atom. The van der Waals surface area contributed by atoms with Gasteiger partial charge in [0.1, 0.15) is 6.54 Å². The molecule has 1 saturated carbocycles. The van der Waals surface area contributed by atoms with Gasteiger partial charge in [-0.25, -0.2) is 0 Å². The third-order valence-corrected chi connectivity index (χ3v) is 5.92. The van der Waals surface area contributed by atoms with Crippen LogP contribution in [0.1, 0.15) is 40.4 Å². The molecule has 1 aromatic carbocycles. The maximum atomic E-state index is 13.4. The van der Waals surface area contributed by atoms with Crippen LogP contribution in [0.5, 0.6) is 0 Å². The van der Waals surface area contributed by atoms with Gasteiger partial charge in [0.05, 0.1) is 37.3 Å². The molecule has 0 spiro atoms. The molecule has 2 fully saturated rings. The van der Waals surface area contributed by atoms with Crippen LogP contribution in [-0.4, -0.2) is 47.0 Å². The standard InChI is InChI=1S/C23H24N4O/c28-23(27-13-11-26(12-14-27)16-17-7-9-24-10-8-17)20-15-22(18-5-6-18)25-21-4-2-1-3-19(20)21/h1-4,7-10,15,18H,5-6,11-14,16H2/p+1. The fourth-order valence-corrected chi connectivity index (χ4v) is 4.12. The molecule has 142 valence electrons. The Labute approximate surface area is 165 Å². The molecule has 0 atom stereocenters. The molecule has 5 heteroatoms. The highest BCUT2D eigenvalue weighted by Gasteiger charge is 2.29. The lowest BCUT2D eigenvalue weighted by Gasteiger charge is -2.32. The van der Waals surface area contributed by atoms with E-state index in [0.717, 1.165) is 54.9 Å². The molecule has 0 bridgehead atoms. The number of hydrogen-bond acceptors (Lipinski definition) is 3. The van der Waals surface area contributed by atoms with Crippen LogP contribution in [0, 0.1) is 0 Å². The smallest absolute Gasteiger partial charge is 0.255 e. The summed E-state index contributed by atoms with van der Waals surface area (Å²) < 4.78 is 0. The number of nitrogens with zero attached hydrogens (tertiary/aromatic N) is 3. The summed E-state index contributed by atoms with van der Waals surface area (Å²) in [5, 5.41) is 0.975. The summed E-state index contributed by atoms with van der Waals surface area (Å²) in [6.45, 7) is 4.55. The minimum absolute atomic E-state index is 0.156. The predicted octanol–water partition coefficient (Wildman–Crippen LogP) is 2.05. The highest BCUT2D eigenvalue weighted by Crippen LogP contribution is 2.40. The van der Waals surface area contributed by atoms with Gasteiger partial charge < -0.3 is 9.80 Å². The molecule has 2 aliphatic rings. The van der Waals surface area contributed by atoms with Crippen molar-refractivity contribution in [3.05, 3.63) is 71.7 Å². The molecule has 2 aromatic heterocycles. The normalized spacial score (nSPS) is 17.8. The van der Waals surface area contributed by atoms with Crippen LogP contribution >= 0.6 is 0 Å². The van der Waals surface area contributed by atoms with Crippen molar-refractivity contribution >= 4 is 16.8 Å². The molecular formula is C23H25N4O+. The number of pyridine rings is 2. The minimum Gasteiger partial charge on any atom is -0.328 e. The van der Waals surface area contributed by atoms with Crippen LogP contribution < -0.4 is 4.90 Å². The van der Waals surface area contributed by atoms with Crippen LogP contribution in [0.25, 0.3) is 10.9 Å². The van der Waals surface area contributed by atoms with E-state index in [2.05, 4.69) is 23.2 Å². The number of quaternary nitrogens is 1. The summed E-state index contributed by atoms with van der Waals surface area (Å²) in [5.41, 5.74) is 4.16. The molecule has 0 unspecified atom stereocenters. The van der Waals surface area contributed by atoms with Gasteiger partial charge in [-0.2, -0.15) is 0 Å². The zero-order valence-corrected chi connectivity index (χ0v) is 16.0. The topological polar surface area (TPSA) is 50.5 Å². The van der Waals surface area contributed by atoms with Gasteiger partial charge in [0.2, 0.25) is 0 Å². The van der Waals surface area contributed by atoms with Crippen molar-refractivity contribution in [2.45, 2.75) is 25.3 Å². The minimum atomic E-state index is 0.156. The zero-order valence-electron chi connectivity index (χ0n) is 16.0. The number of fused-ring (bicyclic) bond motifs is 1. The number of amides is 1. The Morgan fingerprint density at radius 2 is 1.82 bits per heavy atom. The third kappa shape index (κ3) is 3.50. The first-order valence-electron chi connectivity index (χ1n) is 10.2. The number of aromatic nitrogens is 2. The van der Waals surface area contributed by atoms with Crippen molar-refractivity contribution in [3.8, 4) is 0 Å². The van der Waals surface area contributed by atoms with Gasteiger partial charge in [0.25, 0.3) is 5.91 Å². The van der Waals surface area contributed by atoms with E-state index >= 15 is 0 Å². The van der Waals surface area contributed by atoms with Crippen LogP contribution in [0.3, 0.4) is 0 Å². The molecule has 28 heavy (non-hydrogen) atoms. The van der Waals surface area contributed by atoms with Crippen molar-refractivity contribution < 1.29 is 9.69 Å². The highest BCUT2D eigenvalue weighted by atomic mass is 16.2. The first-order chi connectivity index (χ1) is 13.8. The van der Waals surface area contributed by atoms with Crippen molar-refractivity contribution in [1.29, 1.82) is 0 Å². The molecule has 1 amide bonds. The second-order valence-electron chi connectivity index (χ2n) is 7.96.